The van der Waals surface area contributed by atoms with Crippen molar-refractivity contribution in [3.05, 3.63) is 23.0 Å². The third-order valence-electron chi connectivity index (χ3n) is 1.84. The second-order valence-electron chi connectivity index (χ2n) is 2.65. The van der Waals surface area contributed by atoms with Gasteiger partial charge in [-0.25, -0.2) is 4.98 Å². The fourth-order valence-corrected chi connectivity index (χ4v) is 1.54. The molecular formula is C8H8BrN3O. The molecule has 2 rings (SSSR count). The van der Waals surface area contributed by atoms with Crippen molar-refractivity contribution in [1.82, 2.24) is 9.55 Å². The molecule has 0 radical (unpaired) electrons. The summed E-state index contributed by atoms with van der Waals surface area (Å²) in [4.78, 5) is 4.21. The number of halogens is 1. The lowest BCUT2D eigenvalue weighted by atomic mass is 10.4. The standard InChI is InChI=1S/C8H8BrN3O/c1-12-7(10)6(9)11-8(12)5-3-2-4-13-5/h2-4H,10H2,1H3. The van der Waals surface area contributed by atoms with E-state index < -0.39 is 0 Å². The van der Waals surface area contributed by atoms with Crippen molar-refractivity contribution in [2.24, 2.45) is 7.05 Å². The normalized spacial score (nSPS) is 10.6. The van der Waals surface area contributed by atoms with E-state index in [1.165, 1.54) is 0 Å². The van der Waals surface area contributed by atoms with Crippen molar-refractivity contribution >= 4 is 21.7 Å². The molecule has 0 spiro atoms. The first-order valence-corrected chi connectivity index (χ1v) is 4.51. The highest BCUT2D eigenvalue weighted by molar-refractivity contribution is 9.10. The fourth-order valence-electron chi connectivity index (χ4n) is 1.10. The van der Waals surface area contributed by atoms with Gasteiger partial charge in [-0.05, 0) is 28.1 Å². The van der Waals surface area contributed by atoms with Gasteiger partial charge in [0.25, 0.3) is 0 Å². The smallest absolute Gasteiger partial charge is 0.178 e. The molecule has 0 saturated carbocycles. The van der Waals surface area contributed by atoms with Crippen LogP contribution in [0.5, 0.6) is 0 Å². The summed E-state index contributed by atoms with van der Waals surface area (Å²) in [6, 6.07) is 3.66. The van der Waals surface area contributed by atoms with Gasteiger partial charge in [0, 0.05) is 7.05 Å². The SMILES string of the molecule is Cn1c(-c2ccco2)nc(Br)c1N. The molecule has 0 bridgehead atoms. The molecule has 5 heteroatoms. The molecule has 2 aromatic rings. The summed E-state index contributed by atoms with van der Waals surface area (Å²) in [7, 11) is 1.84. The molecule has 0 unspecified atom stereocenters. The highest BCUT2D eigenvalue weighted by Crippen LogP contribution is 2.26. The van der Waals surface area contributed by atoms with Gasteiger partial charge in [-0.1, -0.05) is 0 Å². The first-order valence-electron chi connectivity index (χ1n) is 3.71. The molecule has 0 aromatic carbocycles. The Hall–Kier alpha value is -1.23. The molecule has 13 heavy (non-hydrogen) atoms. The predicted octanol–water partition coefficient (Wildman–Crippen LogP) is 2.02. The predicted molar refractivity (Wildman–Crippen MR) is 53.0 cm³/mol. The average Bonchev–Trinajstić information content (AvgIpc) is 2.70. The fraction of sp³-hybridized carbons (Fsp3) is 0.125. The highest BCUT2D eigenvalue weighted by atomic mass is 79.9. The molecule has 4 nitrogen and oxygen atoms in total. The van der Waals surface area contributed by atoms with Gasteiger partial charge in [0.2, 0.25) is 0 Å². The number of nitrogen functional groups attached to an aromatic ring is 1. The van der Waals surface area contributed by atoms with Gasteiger partial charge in [-0.15, -0.1) is 0 Å². The lowest BCUT2D eigenvalue weighted by molar-refractivity contribution is 0.574. The summed E-state index contributed by atoms with van der Waals surface area (Å²) in [6.45, 7) is 0. The molecule has 2 N–H and O–H groups in total. The maximum Gasteiger partial charge on any atom is 0.178 e. The molecule has 0 aliphatic rings. The summed E-state index contributed by atoms with van der Waals surface area (Å²) in [6.07, 6.45) is 1.61. The van der Waals surface area contributed by atoms with Crippen LogP contribution in [-0.2, 0) is 7.05 Å². The average molecular weight is 242 g/mol. The molecule has 0 atom stereocenters. The van der Waals surface area contributed by atoms with E-state index in [-0.39, 0.29) is 0 Å². The molecule has 2 heterocycles. The molecular weight excluding hydrogens is 234 g/mol. The van der Waals surface area contributed by atoms with Crippen LogP contribution in [0.2, 0.25) is 0 Å². The lowest BCUT2D eigenvalue weighted by Crippen LogP contribution is -1.97. The summed E-state index contributed by atoms with van der Waals surface area (Å²) in [5.41, 5.74) is 5.72. The molecule has 68 valence electrons. The third-order valence-corrected chi connectivity index (χ3v) is 2.42. The Bertz CT molecular complexity index is 419. The van der Waals surface area contributed by atoms with Crippen molar-refractivity contribution in [3.8, 4) is 11.6 Å². The second-order valence-corrected chi connectivity index (χ2v) is 3.40. The Kier molecular flexibility index (Phi) is 1.88. The number of nitrogens with zero attached hydrogens (tertiary/aromatic N) is 2. The minimum absolute atomic E-state index is 0.589. The lowest BCUT2D eigenvalue weighted by Gasteiger charge is -1.98. The van der Waals surface area contributed by atoms with Crippen molar-refractivity contribution < 1.29 is 4.42 Å². The molecule has 0 saturated heterocycles. The zero-order valence-electron chi connectivity index (χ0n) is 6.99. The number of aromatic nitrogens is 2. The van der Waals surface area contributed by atoms with E-state index in [9.17, 15) is 0 Å². The van der Waals surface area contributed by atoms with E-state index in [0.717, 1.165) is 5.82 Å². The zero-order chi connectivity index (χ0) is 9.42. The molecule has 0 fully saturated rings. The molecule has 0 amide bonds. The van der Waals surface area contributed by atoms with Crippen LogP contribution < -0.4 is 5.73 Å². The van der Waals surface area contributed by atoms with Crippen molar-refractivity contribution in [3.63, 3.8) is 0 Å². The monoisotopic (exact) mass is 241 g/mol. The van der Waals surface area contributed by atoms with Crippen LogP contribution in [0.15, 0.2) is 27.4 Å². The van der Waals surface area contributed by atoms with Crippen molar-refractivity contribution in [1.29, 1.82) is 0 Å². The van der Waals surface area contributed by atoms with E-state index >= 15 is 0 Å². The first kappa shape index (κ1) is 8.37. The topological polar surface area (TPSA) is 57.0 Å². The van der Waals surface area contributed by atoms with Crippen LogP contribution >= 0.6 is 15.9 Å². The third kappa shape index (κ3) is 1.25. The molecule has 0 aliphatic heterocycles. The Morgan fingerprint density at radius 3 is 2.85 bits per heavy atom. The van der Waals surface area contributed by atoms with Gasteiger partial charge in [0.15, 0.2) is 11.6 Å². The minimum Gasteiger partial charge on any atom is -0.461 e. The molecule has 0 aliphatic carbocycles. The minimum atomic E-state index is 0.589. The Morgan fingerprint density at radius 2 is 2.38 bits per heavy atom. The summed E-state index contributed by atoms with van der Waals surface area (Å²) in [5, 5.41) is 0. The molecule has 2 aromatic heterocycles. The second kappa shape index (κ2) is 2.92. The van der Waals surface area contributed by atoms with Crippen LogP contribution in [0.4, 0.5) is 5.82 Å². The van der Waals surface area contributed by atoms with Gasteiger partial charge in [-0.3, -0.25) is 0 Å². The van der Waals surface area contributed by atoms with E-state index in [1.807, 2.05) is 19.2 Å². The van der Waals surface area contributed by atoms with E-state index in [1.54, 1.807) is 10.8 Å². The quantitative estimate of drug-likeness (QED) is 0.832. The Balaban J connectivity index is 2.59. The van der Waals surface area contributed by atoms with Crippen LogP contribution in [-0.4, -0.2) is 9.55 Å². The van der Waals surface area contributed by atoms with Gasteiger partial charge in [-0.2, -0.15) is 0 Å². The number of anilines is 1. The van der Waals surface area contributed by atoms with Gasteiger partial charge in [0.05, 0.1) is 6.26 Å². The van der Waals surface area contributed by atoms with Crippen LogP contribution in [0.3, 0.4) is 0 Å². The number of rotatable bonds is 1. The number of hydrogen-bond acceptors (Lipinski definition) is 3. The van der Waals surface area contributed by atoms with E-state index in [0.29, 0.717) is 16.2 Å². The van der Waals surface area contributed by atoms with Crippen LogP contribution in [0.25, 0.3) is 11.6 Å². The number of furan rings is 1. The first-order chi connectivity index (χ1) is 6.20. The maximum absolute atomic E-state index is 5.72. The van der Waals surface area contributed by atoms with E-state index in [4.69, 9.17) is 10.2 Å². The number of nitrogens with two attached hydrogens (primary N) is 1. The summed E-state index contributed by atoms with van der Waals surface area (Å²) in [5.74, 6) is 2.01. The number of hydrogen-bond donors (Lipinski definition) is 1. The number of imidazole rings is 1. The highest BCUT2D eigenvalue weighted by Gasteiger charge is 2.12. The van der Waals surface area contributed by atoms with Crippen LogP contribution in [0, 0.1) is 0 Å². The summed E-state index contributed by atoms with van der Waals surface area (Å²) < 4.78 is 7.62. The van der Waals surface area contributed by atoms with Gasteiger partial charge < -0.3 is 14.7 Å². The van der Waals surface area contributed by atoms with Gasteiger partial charge >= 0.3 is 0 Å². The van der Waals surface area contributed by atoms with Crippen molar-refractivity contribution in [2.75, 3.05) is 5.73 Å². The van der Waals surface area contributed by atoms with Gasteiger partial charge in [0.1, 0.15) is 10.4 Å². The van der Waals surface area contributed by atoms with Crippen molar-refractivity contribution in [2.45, 2.75) is 0 Å². The Morgan fingerprint density at radius 1 is 1.62 bits per heavy atom. The summed E-state index contributed by atoms with van der Waals surface area (Å²) >= 11 is 3.25. The van der Waals surface area contributed by atoms with Crippen LogP contribution in [0.1, 0.15) is 0 Å². The Labute approximate surface area is 83.5 Å². The zero-order valence-corrected chi connectivity index (χ0v) is 8.58. The maximum atomic E-state index is 5.72. The largest absolute Gasteiger partial charge is 0.461 e. The van der Waals surface area contributed by atoms with E-state index in [2.05, 4.69) is 20.9 Å².